The number of aldehydes is 1. The zero-order chi connectivity index (χ0) is 28.8. The number of halogens is 2. The molecule has 0 aliphatic heterocycles. The van der Waals surface area contributed by atoms with Crippen LogP contribution in [0.15, 0.2) is 126 Å². The van der Waals surface area contributed by atoms with Crippen molar-refractivity contribution in [1.29, 1.82) is 0 Å². The summed E-state index contributed by atoms with van der Waals surface area (Å²) >= 11 is 0. The van der Waals surface area contributed by atoms with E-state index in [0.29, 0.717) is 11.8 Å². The van der Waals surface area contributed by atoms with Gasteiger partial charge < -0.3 is 14.7 Å². The number of carbonyl (C=O) groups excluding carboxylic acids is 2. The quantitative estimate of drug-likeness (QED) is 0.196. The minimum absolute atomic E-state index is 0.0301. The van der Waals surface area contributed by atoms with Crippen LogP contribution in [0.1, 0.15) is 34.0 Å². The third kappa shape index (κ3) is 6.36. The second-order valence-electron chi connectivity index (χ2n) is 9.57. The zero-order valence-corrected chi connectivity index (χ0v) is 21.9. The Hall–Kier alpha value is -5.17. The number of amides is 1. The van der Waals surface area contributed by atoms with Crippen molar-refractivity contribution in [1.82, 2.24) is 4.57 Å². The SMILES string of the molecule is O=CC(Cc1ccccc1)n1cc(-c2ccc(-c3ccccc3)cc2)cc(NC(=O)c2ccc(C(F)F)cc2)c1=O. The van der Waals surface area contributed by atoms with Gasteiger partial charge in [-0.3, -0.25) is 9.59 Å². The largest absolute Gasteiger partial charge is 0.317 e. The van der Waals surface area contributed by atoms with Gasteiger partial charge >= 0.3 is 0 Å². The first-order valence-corrected chi connectivity index (χ1v) is 13.0. The standard InChI is InChI=1S/C34H26F2N2O3/c35-32(36)27-15-17-28(18-16-27)33(40)37-31-20-29(26-13-11-25(12-14-26)24-9-5-2-6-10-24)21-38(34(31)41)30(22-39)19-23-7-3-1-4-8-23/h1-18,20-22,30,32H,19H2,(H,37,40). The normalized spacial score (nSPS) is 11.7. The molecule has 0 aliphatic rings. The summed E-state index contributed by atoms with van der Waals surface area (Å²) in [5.41, 5.74) is 3.66. The zero-order valence-electron chi connectivity index (χ0n) is 21.9. The minimum atomic E-state index is -2.66. The number of hydrogen-bond acceptors (Lipinski definition) is 3. The maximum atomic E-state index is 13.6. The van der Waals surface area contributed by atoms with Crippen LogP contribution in [-0.4, -0.2) is 16.8 Å². The Morgan fingerprint density at radius 1 is 0.756 bits per heavy atom. The highest BCUT2D eigenvalue weighted by atomic mass is 19.3. The average molecular weight is 549 g/mol. The molecule has 5 aromatic rings. The van der Waals surface area contributed by atoms with E-state index >= 15 is 0 Å². The molecule has 1 aromatic heterocycles. The molecule has 5 nitrogen and oxygen atoms in total. The summed E-state index contributed by atoms with van der Waals surface area (Å²) in [7, 11) is 0. The van der Waals surface area contributed by atoms with Crippen LogP contribution in [0.2, 0.25) is 0 Å². The van der Waals surface area contributed by atoms with E-state index in [1.165, 1.54) is 28.8 Å². The number of nitrogens with zero attached hydrogens (tertiary/aromatic N) is 1. The van der Waals surface area contributed by atoms with Crippen LogP contribution < -0.4 is 10.9 Å². The lowest BCUT2D eigenvalue weighted by Crippen LogP contribution is -2.30. The van der Waals surface area contributed by atoms with Gasteiger partial charge in [-0.05, 0) is 40.5 Å². The van der Waals surface area contributed by atoms with Crippen LogP contribution >= 0.6 is 0 Å². The predicted octanol–water partition coefficient (Wildman–Crippen LogP) is 7.35. The number of pyridine rings is 1. The Labute approximate surface area is 235 Å². The molecular weight excluding hydrogens is 522 g/mol. The highest BCUT2D eigenvalue weighted by Crippen LogP contribution is 2.27. The van der Waals surface area contributed by atoms with E-state index in [4.69, 9.17) is 0 Å². The Morgan fingerprint density at radius 3 is 1.90 bits per heavy atom. The number of rotatable bonds is 9. The van der Waals surface area contributed by atoms with Crippen LogP contribution in [0.3, 0.4) is 0 Å². The smallest absolute Gasteiger partial charge is 0.275 e. The van der Waals surface area contributed by atoms with E-state index < -0.39 is 23.9 Å². The molecule has 0 bridgehead atoms. The fourth-order valence-corrected chi connectivity index (χ4v) is 4.62. The van der Waals surface area contributed by atoms with Crippen molar-refractivity contribution in [3.8, 4) is 22.3 Å². The molecule has 7 heteroatoms. The number of anilines is 1. The summed E-state index contributed by atoms with van der Waals surface area (Å²) in [6.07, 6.45) is -0.0437. The number of carbonyl (C=O) groups is 2. The van der Waals surface area contributed by atoms with Gasteiger partial charge in [0.1, 0.15) is 12.0 Å². The fraction of sp³-hybridized carbons (Fsp3) is 0.0882. The van der Waals surface area contributed by atoms with Crippen molar-refractivity contribution in [2.75, 3.05) is 5.32 Å². The number of benzene rings is 4. The maximum Gasteiger partial charge on any atom is 0.275 e. The molecular formula is C34H26F2N2O3. The highest BCUT2D eigenvalue weighted by Gasteiger charge is 2.19. The maximum absolute atomic E-state index is 13.6. The first kappa shape index (κ1) is 27.4. The van der Waals surface area contributed by atoms with Gasteiger partial charge in [0.15, 0.2) is 0 Å². The van der Waals surface area contributed by atoms with Gasteiger partial charge in [0, 0.05) is 29.3 Å². The van der Waals surface area contributed by atoms with Crippen molar-refractivity contribution >= 4 is 17.9 Å². The lowest BCUT2D eigenvalue weighted by molar-refractivity contribution is -0.110. The van der Waals surface area contributed by atoms with Gasteiger partial charge in [-0.15, -0.1) is 0 Å². The Morgan fingerprint density at radius 2 is 1.32 bits per heavy atom. The third-order valence-electron chi connectivity index (χ3n) is 6.84. The van der Waals surface area contributed by atoms with Gasteiger partial charge in [-0.2, -0.15) is 0 Å². The summed E-state index contributed by atoms with van der Waals surface area (Å²) in [6, 6.07) is 32.6. The molecule has 0 saturated carbocycles. The molecule has 1 atom stereocenters. The van der Waals surface area contributed by atoms with E-state index in [0.717, 1.165) is 22.3 Å². The summed E-state index contributed by atoms with van der Waals surface area (Å²) in [5, 5.41) is 2.63. The first-order chi connectivity index (χ1) is 19.9. The third-order valence-corrected chi connectivity index (χ3v) is 6.84. The molecule has 41 heavy (non-hydrogen) atoms. The van der Waals surface area contributed by atoms with Gasteiger partial charge in [0.05, 0.1) is 6.04 Å². The molecule has 0 spiro atoms. The molecule has 0 aliphatic carbocycles. The van der Waals surface area contributed by atoms with Gasteiger partial charge in [0.25, 0.3) is 17.9 Å². The Bertz CT molecular complexity index is 1700. The summed E-state index contributed by atoms with van der Waals surface area (Å²) in [5.74, 6) is -0.628. The van der Waals surface area contributed by atoms with Crippen LogP contribution in [0.25, 0.3) is 22.3 Å². The molecule has 1 heterocycles. The van der Waals surface area contributed by atoms with E-state index in [2.05, 4.69) is 5.32 Å². The van der Waals surface area contributed by atoms with E-state index in [1.807, 2.05) is 84.9 Å². The second-order valence-corrected chi connectivity index (χ2v) is 9.57. The number of nitrogens with one attached hydrogen (secondary N) is 1. The fourth-order valence-electron chi connectivity index (χ4n) is 4.62. The van der Waals surface area contributed by atoms with Gasteiger partial charge in [-0.1, -0.05) is 97.1 Å². The van der Waals surface area contributed by atoms with Crippen molar-refractivity contribution in [2.24, 2.45) is 0 Å². The molecule has 4 aromatic carbocycles. The molecule has 0 saturated heterocycles. The molecule has 1 unspecified atom stereocenters. The lowest BCUT2D eigenvalue weighted by Gasteiger charge is -2.18. The van der Waals surface area contributed by atoms with Crippen molar-refractivity contribution < 1.29 is 18.4 Å². The van der Waals surface area contributed by atoms with E-state index in [-0.39, 0.29) is 23.2 Å². The van der Waals surface area contributed by atoms with E-state index in [1.54, 1.807) is 12.3 Å². The second kappa shape index (κ2) is 12.3. The Kier molecular flexibility index (Phi) is 8.25. The number of hydrogen-bond donors (Lipinski definition) is 1. The topological polar surface area (TPSA) is 68.2 Å². The van der Waals surface area contributed by atoms with Gasteiger partial charge in [0.2, 0.25) is 0 Å². The van der Waals surface area contributed by atoms with Crippen molar-refractivity contribution in [3.05, 3.63) is 149 Å². The monoisotopic (exact) mass is 548 g/mol. The highest BCUT2D eigenvalue weighted by molar-refractivity contribution is 6.04. The first-order valence-electron chi connectivity index (χ1n) is 13.0. The van der Waals surface area contributed by atoms with E-state index in [9.17, 15) is 23.2 Å². The summed E-state index contributed by atoms with van der Waals surface area (Å²) in [4.78, 5) is 38.8. The molecule has 1 amide bonds. The molecule has 5 rings (SSSR count). The lowest BCUT2D eigenvalue weighted by atomic mass is 10.0. The summed E-state index contributed by atoms with van der Waals surface area (Å²) < 4.78 is 27.3. The summed E-state index contributed by atoms with van der Waals surface area (Å²) in [6.45, 7) is 0. The Balaban J connectivity index is 1.54. The molecule has 1 N–H and O–H groups in total. The molecule has 204 valence electrons. The van der Waals surface area contributed by atoms with Gasteiger partial charge in [-0.25, -0.2) is 8.78 Å². The average Bonchev–Trinajstić information content (AvgIpc) is 3.02. The van der Waals surface area contributed by atoms with Crippen molar-refractivity contribution in [2.45, 2.75) is 18.9 Å². The molecule has 0 fully saturated rings. The number of alkyl halides is 2. The van der Waals surface area contributed by atoms with Crippen molar-refractivity contribution in [3.63, 3.8) is 0 Å². The van der Waals surface area contributed by atoms with Crippen LogP contribution in [0.4, 0.5) is 14.5 Å². The van der Waals surface area contributed by atoms with Crippen LogP contribution in [0, 0.1) is 0 Å². The minimum Gasteiger partial charge on any atom is -0.317 e. The predicted molar refractivity (Wildman–Crippen MR) is 156 cm³/mol. The molecule has 0 radical (unpaired) electrons. The van der Waals surface area contributed by atoms with Crippen LogP contribution in [0.5, 0.6) is 0 Å². The number of aromatic nitrogens is 1. The van der Waals surface area contributed by atoms with Crippen LogP contribution in [-0.2, 0) is 11.2 Å².